The molecule has 0 aliphatic rings. The van der Waals surface area contributed by atoms with Crippen LogP contribution in [0.5, 0.6) is 17.2 Å². The Hall–Kier alpha value is -4.35. The topological polar surface area (TPSA) is 165 Å². The number of hydrazone groups is 1. The summed E-state index contributed by atoms with van der Waals surface area (Å²) in [4.78, 5) is 13.1. The maximum Gasteiger partial charge on any atom is 0.293 e. The molecular formula is C27H20Br3FN8O5. The van der Waals surface area contributed by atoms with Gasteiger partial charge in [-0.15, -0.1) is 5.10 Å². The first-order valence-corrected chi connectivity index (χ1v) is 14.8. The molecule has 2 aromatic heterocycles. The largest absolute Gasteiger partial charge is 0.496 e. The minimum Gasteiger partial charge on any atom is -0.496 e. The molecule has 0 radical (unpaired) electrons. The molecular weight excluding hydrogens is 775 g/mol. The van der Waals surface area contributed by atoms with Crippen LogP contribution in [0.4, 0.5) is 10.2 Å². The molecule has 3 N–H and O–H groups in total. The molecule has 44 heavy (non-hydrogen) atoms. The normalized spacial score (nSPS) is 11.1. The van der Waals surface area contributed by atoms with Gasteiger partial charge in [-0.2, -0.15) is 9.78 Å². The average Bonchev–Trinajstić information content (AvgIpc) is 3.62. The Balaban J connectivity index is 1.32. The molecule has 0 spiro atoms. The lowest BCUT2D eigenvalue weighted by Crippen LogP contribution is -2.21. The van der Waals surface area contributed by atoms with Gasteiger partial charge in [0.2, 0.25) is 11.6 Å². The molecule has 3 aromatic carbocycles. The fourth-order valence-corrected chi connectivity index (χ4v) is 6.31. The van der Waals surface area contributed by atoms with Crippen molar-refractivity contribution in [3.05, 3.63) is 96.3 Å². The molecule has 0 fully saturated rings. The van der Waals surface area contributed by atoms with E-state index >= 15 is 0 Å². The summed E-state index contributed by atoms with van der Waals surface area (Å²) in [6.45, 7) is -0.0135. The van der Waals surface area contributed by atoms with Crippen LogP contribution in [0.25, 0.3) is 5.82 Å². The number of halogens is 4. The van der Waals surface area contributed by atoms with Crippen molar-refractivity contribution in [2.45, 2.75) is 13.2 Å². The smallest absolute Gasteiger partial charge is 0.293 e. The van der Waals surface area contributed by atoms with E-state index in [1.807, 2.05) is 18.2 Å². The first-order chi connectivity index (χ1) is 21.2. The van der Waals surface area contributed by atoms with Gasteiger partial charge in [-0.05, 0) is 102 Å². The van der Waals surface area contributed by atoms with Crippen molar-refractivity contribution in [1.29, 1.82) is 0 Å². The number of nitrogens with zero attached hydrogens (tertiary/aromatic N) is 6. The molecule has 1 amide bonds. The monoisotopic (exact) mass is 792 g/mol. The predicted octanol–water partition coefficient (Wildman–Crippen LogP) is 5.59. The number of hydrogen-bond donors (Lipinski definition) is 2. The van der Waals surface area contributed by atoms with Crippen molar-refractivity contribution >= 4 is 65.7 Å². The van der Waals surface area contributed by atoms with Crippen LogP contribution in [0.1, 0.15) is 27.3 Å². The van der Waals surface area contributed by atoms with Gasteiger partial charge in [0.15, 0.2) is 5.69 Å². The Labute approximate surface area is 273 Å². The van der Waals surface area contributed by atoms with Crippen molar-refractivity contribution in [2.24, 2.45) is 5.10 Å². The van der Waals surface area contributed by atoms with Gasteiger partial charge >= 0.3 is 0 Å². The Kier molecular flexibility index (Phi) is 9.86. The molecule has 17 heteroatoms. The quantitative estimate of drug-likeness (QED) is 0.127. The number of rotatable bonds is 11. The Bertz CT molecular complexity index is 1810. The van der Waals surface area contributed by atoms with Gasteiger partial charge in [0.25, 0.3) is 5.91 Å². The fraction of sp³-hybridized carbons (Fsp3) is 0.111. The molecule has 0 aliphatic heterocycles. The summed E-state index contributed by atoms with van der Waals surface area (Å²) in [6.07, 6.45) is 1.45. The van der Waals surface area contributed by atoms with Gasteiger partial charge in [0.05, 0.1) is 22.3 Å². The van der Waals surface area contributed by atoms with Crippen LogP contribution < -0.4 is 25.4 Å². The number of nitrogens with one attached hydrogen (secondary N) is 1. The summed E-state index contributed by atoms with van der Waals surface area (Å²) in [7, 11) is 1.56. The van der Waals surface area contributed by atoms with E-state index in [9.17, 15) is 9.18 Å². The van der Waals surface area contributed by atoms with E-state index in [2.05, 4.69) is 83.6 Å². The predicted molar refractivity (Wildman–Crippen MR) is 166 cm³/mol. The average molecular weight is 795 g/mol. The fourth-order valence-electron chi connectivity index (χ4n) is 3.82. The van der Waals surface area contributed by atoms with Gasteiger partial charge in [0.1, 0.15) is 42.0 Å². The first kappa shape index (κ1) is 31.1. The molecule has 13 nitrogen and oxygen atoms in total. The van der Waals surface area contributed by atoms with Gasteiger partial charge in [-0.25, -0.2) is 14.4 Å². The Morgan fingerprint density at radius 2 is 1.82 bits per heavy atom. The van der Waals surface area contributed by atoms with E-state index in [4.69, 9.17) is 19.9 Å². The third kappa shape index (κ3) is 7.23. The second kappa shape index (κ2) is 14.0. The lowest BCUT2D eigenvalue weighted by molar-refractivity contribution is 0.0947. The first-order valence-electron chi connectivity index (χ1n) is 12.4. The second-order valence-electron chi connectivity index (χ2n) is 8.77. The third-order valence-electron chi connectivity index (χ3n) is 5.88. The van der Waals surface area contributed by atoms with Crippen molar-refractivity contribution in [2.75, 3.05) is 12.8 Å². The van der Waals surface area contributed by atoms with Gasteiger partial charge in [-0.3, -0.25) is 4.79 Å². The summed E-state index contributed by atoms with van der Waals surface area (Å²) in [6, 6.07) is 14.4. The molecule has 5 aromatic rings. The van der Waals surface area contributed by atoms with Crippen LogP contribution in [-0.2, 0) is 13.2 Å². The van der Waals surface area contributed by atoms with Crippen LogP contribution in [0, 0.1) is 5.82 Å². The number of benzene rings is 3. The summed E-state index contributed by atoms with van der Waals surface area (Å²) < 4.78 is 38.8. The van der Waals surface area contributed by atoms with Crippen molar-refractivity contribution in [3.63, 3.8) is 0 Å². The number of carbonyl (C=O) groups excluding carboxylic acids is 1. The number of methoxy groups -OCH3 is 1. The molecule has 5 rings (SSSR count). The Morgan fingerprint density at radius 3 is 2.50 bits per heavy atom. The van der Waals surface area contributed by atoms with E-state index in [1.54, 1.807) is 19.2 Å². The molecule has 0 saturated carbocycles. The molecule has 0 saturated heterocycles. The molecule has 226 valence electrons. The second-order valence-corrected chi connectivity index (χ2v) is 11.4. The van der Waals surface area contributed by atoms with Crippen LogP contribution in [0.3, 0.4) is 0 Å². The number of ether oxygens (including phenoxy) is 3. The van der Waals surface area contributed by atoms with Crippen molar-refractivity contribution < 1.29 is 28.0 Å². The van der Waals surface area contributed by atoms with Crippen molar-refractivity contribution in [1.82, 2.24) is 30.7 Å². The highest BCUT2D eigenvalue weighted by atomic mass is 79.9. The molecule has 0 aliphatic carbocycles. The Morgan fingerprint density at radius 1 is 1.07 bits per heavy atom. The van der Waals surface area contributed by atoms with Crippen LogP contribution in [0.2, 0.25) is 0 Å². The van der Waals surface area contributed by atoms with Gasteiger partial charge in [0, 0.05) is 10.0 Å². The van der Waals surface area contributed by atoms with Crippen molar-refractivity contribution in [3.8, 4) is 23.1 Å². The number of carbonyl (C=O) groups is 1. The standard InChI is InChI=1S/C27H20Br3FN8O5/c1-41-22-7-2-14(8-15(22)12-43-24-19(29)9-16(28)10-20(24)30)11-33-35-27(40)23-21(13-42-18-5-3-17(31)4-6-18)39(38-34-23)26-25(32)36-44-37-26/h2-11H,12-13H2,1H3,(H2,32,36)(H,35,40)/b33-11+. The highest BCUT2D eigenvalue weighted by Gasteiger charge is 2.24. The van der Waals surface area contributed by atoms with Crippen LogP contribution >= 0.6 is 47.8 Å². The minimum atomic E-state index is -0.692. The van der Waals surface area contributed by atoms with Gasteiger partial charge < -0.3 is 19.9 Å². The molecule has 0 atom stereocenters. The molecule has 0 unspecified atom stereocenters. The minimum absolute atomic E-state index is 0.00735. The summed E-state index contributed by atoms with van der Waals surface area (Å²) in [5.74, 6) is 0.383. The third-order valence-corrected chi connectivity index (χ3v) is 7.52. The molecule has 0 bridgehead atoms. The zero-order chi connectivity index (χ0) is 31.2. The van der Waals surface area contributed by atoms with Crippen LogP contribution in [-0.4, -0.2) is 44.5 Å². The van der Waals surface area contributed by atoms with Gasteiger partial charge in [-0.1, -0.05) is 21.1 Å². The number of anilines is 1. The number of amides is 1. The van der Waals surface area contributed by atoms with E-state index < -0.39 is 11.7 Å². The van der Waals surface area contributed by atoms with Crippen LogP contribution in [0.15, 0.2) is 77.7 Å². The highest BCUT2D eigenvalue weighted by molar-refractivity contribution is 9.11. The number of aromatic nitrogens is 5. The lowest BCUT2D eigenvalue weighted by Gasteiger charge is -2.13. The number of nitrogen functional groups attached to an aromatic ring is 1. The number of hydrogen-bond acceptors (Lipinski definition) is 11. The SMILES string of the molecule is COc1ccc(/C=N/NC(=O)c2nnn(-c3nonc3N)c2COc2ccc(F)cc2)cc1COc1c(Br)cc(Br)cc1Br. The summed E-state index contributed by atoms with van der Waals surface area (Å²) in [5.41, 5.74) is 9.69. The van der Waals surface area contributed by atoms with E-state index in [-0.39, 0.29) is 36.2 Å². The zero-order valence-electron chi connectivity index (χ0n) is 22.5. The molecule has 2 heterocycles. The van der Waals surface area contributed by atoms with E-state index in [0.717, 1.165) is 23.7 Å². The van der Waals surface area contributed by atoms with E-state index in [1.165, 1.54) is 30.5 Å². The highest BCUT2D eigenvalue weighted by Crippen LogP contribution is 2.37. The zero-order valence-corrected chi connectivity index (χ0v) is 27.3. The summed E-state index contributed by atoms with van der Waals surface area (Å²) >= 11 is 10.5. The number of nitrogens with two attached hydrogens (primary N) is 1. The lowest BCUT2D eigenvalue weighted by atomic mass is 10.1. The summed E-state index contributed by atoms with van der Waals surface area (Å²) in [5, 5.41) is 19.2. The maximum absolute atomic E-state index is 13.3. The van der Waals surface area contributed by atoms with E-state index in [0.29, 0.717) is 22.8 Å². The maximum atomic E-state index is 13.3.